The average molecular weight is 445 g/mol. The molecule has 0 radical (unpaired) electrons. The molecule has 0 unspecified atom stereocenters. The van der Waals surface area contributed by atoms with Crippen LogP contribution in [0.25, 0.3) is 10.8 Å². The highest BCUT2D eigenvalue weighted by Crippen LogP contribution is 2.36. The van der Waals surface area contributed by atoms with Crippen molar-refractivity contribution in [3.05, 3.63) is 75.8 Å². The van der Waals surface area contributed by atoms with Gasteiger partial charge in [0.15, 0.2) is 0 Å². The molecule has 3 aromatic rings. The molecular weight excluding hydrogens is 427 g/mol. The van der Waals surface area contributed by atoms with Crippen LogP contribution in [0, 0.1) is 0 Å². The van der Waals surface area contributed by atoms with Gasteiger partial charge in [0.25, 0.3) is 5.91 Å². The molecule has 1 heterocycles. The van der Waals surface area contributed by atoms with Crippen molar-refractivity contribution in [2.45, 2.75) is 5.75 Å². The first-order chi connectivity index (χ1) is 14.0. The second-order valence-electron chi connectivity index (χ2n) is 6.71. The van der Waals surface area contributed by atoms with E-state index in [0.29, 0.717) is 22.2 Å². The van der Waals surface area contributed by atoms with Gasteiger partial charge in [-0.15, -0.1) is 0 Å². The van der Waals surface area contributed by atoms with Crippen LogP contribution in [0.15, 0.2) is 54.6 Å². The fourth-order valence-electron chi connectivity index (χ4n) is 3.42. The summed E-state index contributed by atoms with van der Waals surface area (Å²) in [4.78, 5) is 26.7. The van der Waals surface area contributed by atoms with E-state index in [1.807, 2.05) is 48.5 Å². The molecule has 0 fully saturated rings. The second-order valence-corrected chi connectivity index (χ2v) is 8.66. The molecule has 0 spiro atoms. The molecule has 0 aromatic heterocycles. The van der Waals surface area contributed by atoms with Crippen LogP contribution in [0.1, 0.15) is 15.9 Å². The zero-order chi connectivity index (χ0) is 20.4. The first-order valence-electron chi connectivity index (χ1n) is 9.16. The fourth-order valence-corrected chi connectivity index (χ4v) is 4.84. The van der Waals surface area contributed by atoms with Crippen molar-refractivity contribution in [2.75, 3.05) is 23.7 Å². The SMILES string of the molecule is O=C(CN1C(=O)c2cccc3cccc1c23)NCCSCc1ccc(Cl)cc1Cl. The Labute approximate surface area is 183 Å². The Kier molecular flexibility index (Phi) is 5.99. The maximum absolute atomic E-state index is 12.7. The van der Waals surface area contributed by atoms with Crippen LogP contribution in [0.5, 0.6) is 0 Å². The highest BCUT2D eigenvalue weighted by molar-refractivity contribution is 7.98. The van der Waals surface area contributed by atoms with Crippen molar-refractivity contribution in [1.82, 2.24) is 5.32 Å². The minimum absolute atomic E-state index is 0.0142. The van der Waals surface area contributed by atoms with E-state index in [2.05, 4.69) is 5.32 Å². The summed E-state index contributed by atoms with van der Waals surface area (Å²) in [6.45, 7) is 0.536. The van der Waals surface area contributed by atoms with Crippen LogP contribution in [-0.2, 0) is 10.5 Å². The summed E-state index contributed by atoms with van der Waals surface area (Å²) in [7, 11) is 0. The third-order valence-electron chi connectivity index (χ3n) is 4.79. The van der Waals surface area contributed by atoms with Crippen LogP contribution in [0.3, 0.4) is 0 Å². The van der Waals surface area contributed by atoms with E-state index in [4.69, 9.17) is 23.2 Å². The summed E-state index contributed by atoms with van der Waals surface area (Å²) in [5.74, 6) is 1.19. The molecule has 1 aliphatic rings. The predicted octanol–water partition coefficient (Wildman–Crippen LogP) is 5.16. The third-order valence-corrected chi connectivity index (χ3v) is 6.39. The van der Waals surface area contributed by atoms with Crippen molar-refractivity contribution in [1.29, 1.82) is 0 Å². The van der Waals surface area contributed by atoms with Crippen molar-refractivity contribution in [3.8, 4) is 0 Å². The van der Waals surface area contributed by atoms with E-state index in [0.717, 1.165) is 33.5 Å². The molecule has 4 nitrogen and oxygen atoms in total. The molecule has 4 rings (SSSR count). The smallest absolute Gasteiger partial charge is 0.259 e. The first kappa shape index (κ1) is 20.1. The monoisotopic (exact) mass is 444 g/mol. The highest BCUT2D eigenvalue weighted by Gasteiger charge is 2.30. The summed E-state index contributed by atoms with van der Waals surface area (Å²) >= 11 is 13.7. The standard InChI is InChI=1S/C22H18Cl2N2O2S/c23-16-8-7-15(18(24)11-16)13-29-10-9-25-20(27)12-26-19-6-2-4-14-3-1-5-17(21(14)19)22(26)28/h1-8,11H,9-10,12-13H2,(H,25,27). The molecule has 3 aromatic carbocycles. The normalized spacial score (nSPS) is 12.6. The van der Waals surface area contributed by atoms with Gasteiger partial charge in [-0.3, -0.25) is 14.5 Å². The lowest BCUT2D eigenvalue weighted by molar-refractivity contribution is -0.119. The van der Waals surface area contributed by atoms with E-state index in [1.165, 1.54) is 0 Å². The van der Waals surface area contributed by atoms with Crippen LogP contribution >= 0.6 is 35.0 Å². The van der Waals surface area contributed by atoms with Gasteiger partial charge in [0.1, 0.15) is 6.54 Å². The third kappa shape index (κ3) is 4.22. The van der Waals surface area contributed by atoms with Gasteiger partial charge in [-0.1, -0.05) is 53.5 Å². The van der Waals surface area contributed by atoms with E-state index in [9.17, 15) is 9.59 Å². The Hall–Kier alpha value is -2.21. The Bertz CT molecular complexity index is 1100. The molecule has 29 heavy (non-hydrogen) atoms. The topological polar surface area (TPSA) is 49.4 Å². The fraction of sp³-hybridized carbons (Fsp3) is 0.182. The maximum Gasteiger partial charge on any atom is 0.259 e. The Morgan fingerprint density at radius 2 is 1.86 bits per heavy atom. The first-order valence-corrected chi connectivity index (χ1v) is 11.1. The van der Waals surface area contributed by atoms with Crippen molar-refractivity contribution >= 4 is 63.2 Å². The quantitative estimate of drug-likeness (QED) is 0.512. The summed E-state index contributed by atoms with van der Waals surface area (Å²) in [6.07, 6.45) is 0. The molecule has 0 atom stereocenters. The molecular formula is C22H18Cl2N2O2S. The number of hydrogen-bond acceptors (Lipinski definition) is 3. The van der Waals surface area contributed by atoms with E-state index in [1.54, 1.807) is 22.7 Å². The van der Waals surface area contributed by atoms with Gasteiger partial charge in [-0.25, -0.2) is 0 Å². The van der Waals surface area contributed by atoms with Crippen LogP contribution in [-0.4, -0.2) is 30.7 Å². The number of amides is 2. The van der Waals surface area contributed by atoms with E-state index >= 15 is 0 Å². The number of carbonyl (C=O) groups excluding carboxylic acids is 2. The molecule has 0 aliphatic carbocycles. The minimum atomic E-state index is -0.173. The molecule has 148 valence electrons. The number of thioether (sulfide) groups is 1. The highest BCUT2D eigenvalue weighted by atomic mass is 35.5. The van der Waals surface area contributed by atoms with Gasteiger partial charge < -0.3 is 5.32 Å². The van der Waals surface area contributed by atoms with E-state index < -0.39 is 0 Å². The van der Waals surface area contributed by atoms with Crippen LogP contribution < -0.4 is 10.2 Å². The summed E-state index contributed by atoms with van der Waals surface area (Å²) in [5.41, 5.74) is 2.47. The lowest BCUT2D eigenvalue weighted by Gasteiger charge is -2.17. The van der Waals surface area contributed by atoms with Gasteiger partial charge in [0.2, 0.25) is 5.91 Å². The number of nitrogens with one attached hydrogen (secondary N) is 1. The van der Waals surface area contributed by atoms with Crippen LogP contribution in [0.2, 0.25) is 10.0 Å². The number of halogens is 2. The lowest BCUT2D eigenvalue weighted by Crippen LogP contribution is -2.39. The molecule has 2 amide bonds. The van der Waals surface area contributed by atoms with Gasteiger partial charge in [0, 0.05) is 39.0 Å². The molecule has 7 heteroatoms. The van der Waals surface area contributed by atoms with Gasteiger partial charge in [0.05, 0.1) is 5.69 Å². The molecule has 1 N–H and O–H groups in total. The summed E-state index contributed by atoms with van der Waals surface area (Å²) < 4.78 is 0. The minimum Gasteiger partial charge on any atom is -0.354 e. The van der Waals surface area contributed by atoms with Crippen molar-refractivity contribution in [3.63, 3.8) is 0 Å². The van der Waals surface area contributed by atoms with Gasteiger partial charge in [-0.2, -0.15) is 11.8 Å². The largest absolute Gasteiger partial charge is 0.354 e. The Balaban J connectivity index is 1.29. The lowest BCUT2D eigenvalue weighted by atomic mass is 10.1. The molecule has 1 aliphatic heterocycles. The number of carbonyl (C=O) groups is 2. The Morgan fingerprint density at radius 3 is 2.66 bits per heavy atom. The molecule has 0 bridgehead atoms. The molecule has 0 saturated carbocycles. The van der Waals surface area contributed by atoms with Crippen molar-refractivity contribution < 1.29 is 9.59 Å². The van der Waals surface area contributed by atoms with Gasteiger partial charge in [-0.05, 0) is 35.2 Å². The summed E-state index contributed by atoms with van der Waals surface area (Å²) in [6, 6.07) is 16.9. The zero-order valence-corrected chi connectivity index (χ0v) is 17.8. The van der Waals surface area contributed by atoms with E-state index in [-0.39, 0.29) is 18.4 Å². The van der Waals surface area contributed by atoms with Crippen molar-refractivity contribution in [2.24, 2.45) is 0 Å². The number of benzene rings is 3. The number of anilines is 1. The summed E-state index contributed by atoms with van der Waals surface area (Å²) in [5, 5.41) is 6.08. The van der Waals surface area contributed by atoms with Crippen LogP contribution in [0.4, 0.5) is 5.69 Å². The number of rotatable bonds is 7. The maximum atomic E-state index is 12.7. The molecule has 0 saturated heterocycles. The van der Waals surface area contributed by atoms with Gasteiger partial charge >= 0.3 is 0 Å². The predicted molar refractivity (Wildman–Crippen MR) is 121 cm³/mol. The second kappa shape index (κ2) is 8.66. The Morgan fingerprint density at radius 1 is 1.07 bits per heavy atom. The zero-order valence-electron chi connectivity index (χ0n) is 15.5. The average Bonchev–Trinajstić information content (AvgIpc) is 2.97. The number of nitrogens with zero attached hydrogens (tertiary/aromatic N) is 1. The number of hydrogen-bond donors (Lipinski definition) is 1.